The molecule has 15 heavy (non-hydrogen) atoms. The Bertz CT molecular complexity index is 456. The summed E-state index contributed by atoms with van der Waals surface area (Å²) in [5.41, 5.74) is 1.15. The number of aryl methyl sites for hydroxylation is 1. The second kappa shape index (κ2) is 3.49. The van der Waals surface area contributed by atoms with E-state index in [0.29, 0.717) is 5.92 Å². The molecule has 0 aliphatic carbocycles. The van der Waals surface area contributed by atoms with Crippen molar-refractivity contribution in [2.24, 2.45) is 0 Å². The van der Waals surface area contributed by atoms with E-state index < -0.39 is 0 Å². The predicted octanol–water partition coefficient (Wildman–Crippen LogP) is 3.51. The van der Waals surface area contributed by atoms with E-state index in [-0.39, 0.29) is 0 Å². The van der Waals surface area contributed by atoms with Crippen molar-refractivity contribution in [3.8, 4) is 10.6 Å². The molecule has 0 aromatic carbocycles. The average molecular weight is 218 g/mol. The van der Waals surface area contributed by atoms with E-state index in [1.165, 1.54) is 23.5 Å². The van der Waals surface area contributed by atoms with E-state index in [2.05, 4.69) is 35.2 Å². The van der Waals surface area contributed by atoms with Gasteiger partial charge in [-0.3, -0.25) is 0 Å². The number of thiophene rings is 1. The second-order valence-electron chi connectivity index (χ2n) is 4.20. The van der Waals surface area contributed by atoms with Crippen LogP contribution in [-0.4, -0.2) is 9.55 Å². The monoisotopic (exact) mass is 218 g/mol. The summed E-state index contributed by atoms with van der Waals surface area (Å²) in [6.45, 7) is 3.41. The van der Waals surface area contributed by atoms with Crippen LogP contribution in [-0.2, 0) is 6.54 Å². The highest BCUT2D eigenvalue weighted by atomic mass is 32.1. The van der Waals surface area contributed by atoms with Gasteiger partial charge in [-0.05, 0) is 24.3 Å². The molecule has 1 aliphatic rings. The molecule has 0 saturated carbocycles. The van der Waals surface area contributed by atoms with E-state index >= 15 is 0 Å². The summed E-state index contributed by atoms with van der Waals surface area (Å²) < 4.78 is 2.32. The number of aromatic nitrogens is 2. The highest BCUT2D eigenvalue weighted by molar-refractivity contribution is 7.13. The van der Waals surface area contributed by atoms with Gasteiger partial charge in [-0.15, -0.1) is 11.3 Å². The van der Waals surface area contributed by atoms with Crippen LogP contribution >= 0.6 is 11.3 Å². The van der Waals surface area contributed by atoms with Crippen LogP contribution in [0.25, 0.3) is 10.6 Å². The van der Waals surface area contributed by atoms with Gasteiger partial charge in [0.05, 0.1) is 10.6 Å². The zero-order chi connectivity index (χ0) is 10.3. The molecule has 3 rings (SSSR count). The number of hydrogen-bond donors (Lipinski definition) is 0. The SMILES string of the molecule is C[C@H]1CCCn2cc(-c3cccs3)nc21. The van der Waals surface area contributed by atoms with Crippen molar-refractivity contribution in [2.45, 2.75) is 32.2 Å². The molecular weight excluding hydrogens is 204 g/mol. The highest BCUT2D eigenvalue weighted by Crippen LogP contribution is 2.30. The van der Waals surface area contributed by atoms with Gasteiger partial charge in [0.2, 0.25) is 0 Å². The molecule has 0 saturated heterocycles. The Labute approximate surface area is 93.6 Å². The summed E-state index contributed by atoms with van der Waals surface area (Å²) in [6, 6.07) is 4.23. The van der Waals surface area contributed by atoms with Gasteiger partial charge in [-0.2, -0.15) is 0 Å². The topological polar surface area (TPSA) is 17.8 Å². The van der Waals surface area contributed by atoms with Crippen LogP contribution in [0.15, 0.2) is 23.7 Å². The summed E-state index contributed by atoms with van der Waals surface area (Å²) in [4.78, 5) is 6.03. The second-order valence-corrected chi connectivity index (χ2v) is 5.15. The van der Waals surface area contributed by atoms with E-state index in [0.717, 1.165) is 12.2 Å². The minimum absolute atomic E-state index is 0.618. The Kier molecular flexibility index (Phi) is 2.13. The fraction of sp³-hybridized carbons (Fsp3) is 0.417. The Morgan fingerprint density at radius 2 is 2.47 bits per heavy atom. The summed E-state index contributed by atoms with van der Waals surface area (Å²) in [6.07, 6.45) is 4.77. The Morgan fingerprint density at radius 1 is 1.53 bits per heavy atom. The van der Waals surface area contributed by atoms with E-state index in [9.17, 15) is 0 Å². The van der Waals surface area contributed by atoms with Crippen molar-refractivity contribution in [3.05, 3.63) is 29.5 Å². The van der Waals surface area contributed by atoms with Gasteiger partial charge < -0.3 is 4.57 Å². The Morgan fingerprint density at radius 3 is 3.20 bits per heavy atom. The molecule has 2 aromatic heterocycles. The summed E-state index contributed by atoms with van der Waals surface area (Å²) in [5.74, 6) is 1.89. The molecule has 0 spiro atoms. The smallest absolute Gasteiger partial charge is 0.112 e. The minimum atomic E-state index is 0.618. The van der Waals surface area contributed by atoms with Gasteiger partial charge in [0, 0.05) is 18.7 Å². The molecule has 0 bridgehead atoms. The minimum Gasteiger partial charge on any atom is -0.334 e. The summed E-state index contributed by atoms with van der Waals surface area (Å²) >= 11 is 1.76. The van der Waals surface area contributed by atoms with E-state index in [4.69, 9.17) is 4.98 Å². The van der Waals surface area contributed by atoms with Crippen LogP contribution in [0, 0.1) is 0 Å². The van der Waals surface area contributed by atoms with Crippen molar-refractivity contribution in [1.82, 2.24) is 9.55 Å². The zero-order valence-electron chi connectivity index (χ0n) is 8.81. The van der Waals surface area contributed by atoms with Crippen LogP contribution in [0.2, 0.25) is 0 Å². The van der Waals surface area contributed by atoms with E-state index in [1.54, 1.807) is 11.3 Å². The van der Waals surface area contributed by atoms with Gasteiger partial charge in [0.15, 0.2) is 0 Å². The third-order valence-electron chi connectivity index (χ3n) is 3.06. The number of hydrogen-bond acceptors (Lipinski definition) is 2. The lowest BCUT2D eigenvalue weighted by Crippen LogP contribution is -2.12. The van der Waals surface area contributed by atoms with Gasteiger partial charge in [0.25, 0.3) is 0 Å². The normalized spacial score (nSPS) is 20.2. The lowest BCUT2D eigenvalue weighted by molar-refractivity contribution is 0.463. The number of fused-ring (bicyclic) bond motifs is 1. The highest BCUT2D eigenvalue weighted by Gasteiger charge is 2.19. The molecular formula is C12H14N2S. The van der Waals surface area contributed by atoms with E-state index in [1.807, 2.05) is 0 Å². The maximum absolute atomic E-state index is 4.75. The molecule has 0 N–H and O–H groups in total. The molecule has 0 amide bonds. The van der Waals surface area contributed by atoms with Crippen molar-refractivity contribution in [1.29, 1.82) is 0 Å². The third-order valence-corrected chi connectivity index (χ3v) is 3.95. The van der Waals surface area contributed by atoms with Crippen LogP contribution < -0.4 is 0 Å². The zero-order valence-corrected chi connectivity index (χ0v) is 9.63. The van der Waals surface area contributed by atoms with Crippen LogP contribution in [0.3, 0.4) is 0 Å². The molecule has 2 aromatic rings. The maximum atomic E-state index is 4.75. The van der Waals surface area contributed by atoms with Gasteiger partial charge >= 0.3 is 0 Å². The Balaban J connectivity index is 2.06. The van der Waals surface area contributed by atoms with Crippen molar-refractivity contribution >= 4 is 11.3 Å². The summed E-state index contributed by atoms with van der Waals surface area (Å²) in [7, 11) is 0. The Hall–Kier alpha value is -1.09. The van der Waals surface area contributed by atoms with Crippen molar-refractivity contribution in [3.63, 3.8) is 0 Å². The molecule has 3 heterocycles. The molecule has 1 atom stereocenters. The predicted molar refractivity (Wildman–Crippen MR) is 63.2 cm³/mol. The largest absolute Gasteiger partial charge is 0.334 e. The first-order valence-electron chi connectivity index (χ1n) is 5.45. The maximum Gasteiger partial charge on any atom is 0.112 e. The standard InChI is InChI=1S/C12H14N2S/c1-9-4-2-6-14-8-10(13-12(9)14)11-5-3-7-15-11/h3,5,7-9H,2,4,6H2,1H3/t9-/m0/s1. The summed E-state index contributed by atoms with van der Waals surface area (Å²) in [5, 5.41) is 2.11. The molecule has 3 heteroatoms. The molecule has 78 valence electrons. The number of rotatable bonds is 1. The van der Waals surface area contributed by atoms with Crippen LogP contribution in [0.4, 0.5) is 0 Å². The van der Waals surface area contributed by atoms with Crippen molar-refractivity contribution in [2.75, 3.05) is 0 Å². The first-order valence-corrected chi connectivity index (χ1v) is 6.33. The van der Waals surface area contributed by atoms with Gasteiger partial charge in [-0.1, -0.05) is 13.0 Å². The van der Waals surface area contributed by atoms with Gasteiger partial charge in [-0.25, -0.2) is 4.98 Å². The van der Waals surface area contributed by atoms with Gasteiger partial charge in [0.1, 0.15) is 5.82 Å². The first-order chi connectivity index (χ1) is 7.34. The number of imidazole rings is 1. The quantitative estimate of drug-likeness (QED) is 0.716. The molecule has 0 radical (unpaired) electrons. The van der Waals surface area contributed by atoms with Crippen LogP contribution in [0.5, 0.6) is 0 Å². The molecule has 1 aliphatic heterocycles. The lowest BCUT2D eigenvalue weighted by Gasteiger charge is -2.19. The average Bonchev–Trinajstić information content (AvgIpc) is 2.86. The lowest BCUT2D eigenvalue weighted by atomic mass is 10.0. The molecule has 2 nitrogen and oxygen atoms in total. The van der Waals surface area contributed by atoms with Crippen molar-refractivity contribution < 1.29 is 0 Å². The molecule has 0 fully saturated rings. The fourth-order valence-corrected chi connectivity index (χ4v) is 2.92. The van der Waals surface area contributed by atoms with Crippen LogP contribution in [0.1, 0.15) is 31.5 Å². The third kappa shape index (κ3) is 1.51. The number of nitrogens with zero attached hydrogens (tertiary/aromatic N) is 2. The fourth-order valence-electron chi connectivity index (χ4n) is 2.24. The first kappa shape index (κ1) is 9.16. The molecule has 0 unspecified atom stereocenters.